The summed E-state index contributed by atoms with van der Waals surface area (Å²) in [5.41, 5.74) is 12.3. The van der Waals surface area contributed by atoms with Crippen molar-refractivity contribution >= 4 is 17.1 Å². The maximum Gasteiger partial charge on any atom is 0.0457 e. The van der Waals surface area contributed by atoms with Gasteiger partial charge in [0.25, 0.3) is 0 Å². The summed E-state index contributed by atoms with van der Waals surface area (Å²) in [6.07, 6.45) is 0. The minimum atomic E-state index is 0.913. The predicted octanol–water partition coefficient (Wildman–Crippen LogP) is 2.54. The van der Waals surface area contributed by atoms with Crippen molar-refractivity contribution in [1.29, 1.82) is 0 Å². The first-order chi connectivity index (χ1) is 11.2. The van der Waals surface area contributed by atoms with Crippen LogP contribution in [0, 0.1) is 0 Å². The van der Waals surface area contributed by atoms with E-state index in [9.17, 15) is 0 Å². The minimum absolute atomic E-state index is 0.913. The van der Waals surface area contributed by atoms with Gasteiger partial charge in [0.15, 0.2) is 0 Å². The molecule has 1 fully saturated rings. The Morgan fingerprint density at radius 1 is 0.783 bits per heavy atom. The fourth-order valence-corrected chi connectivity index (χ4v) is 3.57. The van der Waals surface area contributed by atoms with Gasteiger partial charge in [-0.2, -0.15) is 0 Å². The van der Waals surface area contributed by atoms with Crippen LogP contribution in [0.5, 0.6) is 0 Å². The van der Waals surface area contributed by atoms with Gasteiger partial charge in [0.1, 0.15) is 0 Å². The van der Waals surface area contributed by atoms with Crippen LogP contribution in [0.25, 0.3) is 0 Å². The van der Waals surface area contributed by atoms with Crippen LogP contribution in [0.4, 0.5) is 17.1 Å². The van der Waals surface area contributed by atoms with Crippen molar-refractivity contribution in [2.75, 3.05) is 48.8 Å². The molecule has 0 saturated carbocycles. The van der Waals surface area contributed by atoms with Gasteiger partial charge in [0.05, 0.1) is 0 Å². The largest absolute Gasteiger partial charge is 0.398 e. The second-order valence-corrected chi connectivity index (χ2v) is 6.65. The van der Waals surface area contributed by atoms with Crippen molar-refractivity contribution in [1.82, 2.24) is 4.90 Å². The van der Waals surface area contributed by atoms with E-state index in [1.165, 1.54) is 22.5 Å². The summed E-state index contributed by atoms with van der Waals surface area (Å²) < 4.78 is 0. The number of anilines is 3. The van der Waals surface area contributed by atoms with Gasteiger partial charge in [-0.05, 0) is 48.5 Å². The number of piperazine rings is 1. The van der Waals surface area contributed by atoms with Crippen LogP contribution in [0.1, 0.15) is 11.1 Å². The highest BCUT2D eigenvalue weighted by Crippen LogP contribution is 2.32. The average molecular weight is 308 g/mol. The molecule has 2 aromatic rings. The third kappa shape index (κ3) is 2.75. The highest BCUT2D eigenvalue weighted by Gasteiger charge is 2.21. The molecule has 120 valence electrons. The van der Waals surface area contributed by atoms with E-state index >= 15 is 0 Å². The molecule has 2 aromatic carbocycles. The monoisotopic (exact) mass is 308 g/mol. The van der Waals surface area contributed by atoms with E-state index in [2.05, 4.69) is 52.1 Å². The Bertz CT molecular complexity index is 687. The lowest BCUT2D eigenvalue weighted by Crippen LogP contribution is -2.44. The zero-order valence-electron chi connectivity index (χ0n) is 13.7. The normalized spacial score (nSPS) is 18.3. The summed E-state index contributed by atoms with van der Waals surface area (Å²) in [5.74, 6) is 0. The van der Waals surface area contributed by atoms with Crippen molar-refractivity contribution < 1.29 is 0 Å². The van der Waals surface area contributed by atoms with E-state index in [1.54, 1.807) is 0 Å². The Morgan fingerprint density at radius 3 is 2.09 bits per heavy atom. The third-order valence-electron chi connectivity index (χ3n) is 5.10. The Balaban J connectivity index is 1.48. The summed E-state index contributed by atoms with van der Waals surface area (Å²) in [6, 6.07) is 15.2. The number of hydrogen-bond donors (Lipinski definition) is 1. The smallest absolute Gasteiger partial charge is 0.0457 e. The topological polar surface area (TPSA) is 35.7 Å². The molecule has 0 atom stereocenters. The molecule has 23 heavy (non-hydrogen) atoms. The summed E-state index contributed by atoms with van der Waals surface area (Å²) in [5, 5.41) is 0. The maximum absolute atomic E-state index is 6.11. The van der Waals surface area contributed by atoms with E-state index in [1.807, 2.05) is 12.1 Å². The summed E-state index contributed by atoms with van der Waals surface area (Å²) in [6.45, 7) is 6.37. The molecule has 0 aliphatic carbocycles. The van der Waals surface area contributed by atoms with Gasteiger partial charge in [0.2, 0.25) is 0 Å². The summed E-state index contributed by atoms with van der Waals surface area (Å²) in [4.78, 5) is 7.26. The SMILES string of the molecule is CN1CCN(c2ccc(N3Cc4cccc(N)c4C3)cc2)CC1. The highest BCUT2D eigenvalue weighted by atomic mass is 15.2. The van der Waals surface area contributed by atoms with Crippen LogP contribution >= 0.6 is 0 Å². The molecule has 4 nitrogen and oxygen atoms in total. The van der Waals surface area contributed by atoms with Crippen LogP contribution in [-0.4, -0.2) is 38.1 Å². The van der Waals surface area contributed by atoms with Gasteiger partial charge in [-0.1, -0.05) is 12.1 Å². The van der Waals surface area contributed by atoms with Crippen molar-refractivity contribution in [3.8, 4) is 0 Å². The zero-order valence-corrected chi connectivity index (χ0v) is 13.7. The van der Waals surface area contributed by atoms with Crippen molar-refractivity contribution in [3.63, 3.8) is 0 Å². The molecule has 0 spiro atoms. The number of nitrogen functional groups attached to an aromatic ring is 1. The number of hydrogen-bond acceptors (Lipinski definition) is 4. The van der Waals surface area contributed by atoms with Crippen molar-refractivity contribution in [3.05, 3.63) is 53.6 Å². The van der Waals surface area contributed by atoms with Gasteiger partial charge in [-0.15, -0.1) is 0 Å². The number of nitrogens with zero attached hydrogens (tertiary/aromatic N) is 3. The van der Waals surface area contributed by atoms with E-state index in [-0.39, 0.29) is 0 Å². The standard InChI is InChI=1S/C19H24N4/c1-21-9-11-22(12-10-21)16-5-7-17(8-6-16)23-13-15-3-2-4-19(20)18(15)14-23/h2-8H,9-14,20H2,1H3. The molecule has 2 aliphatic heterocycles. The van der Waals surface area contributed by atoms with Crippen LogP contribution in [0.3, 0.4) is 0 Å². The number of benzene rings is 2. The average Bonchev–Trinajstić information content (AvgIpc) is 3.01. The van der Waals surface area contributed by atoms with Crippen LogP contribution in [-0.2, 0) is 13.1 Å². The van der Waals surface area contributed by atoms with E-state index in [4.69, 9.17) is 5.73 Å². The molecule has 0 aromatic heterocycles. The molecule has 4 rings (SSSR count). The molecule has 4 heteroatoms. The van der Waals surface area contributed by atoms with Crippen LogP contribution in [0.2, 0.25) is 0 Å². The van der Waals surface area contributed by atoms with E-state index in [0.29, 0.717) is 0 Å². The van der Waals surface area contributed by atoms with E-state index in [0.717, 1.165) is 45.0 Å². The molecule has 1 saturated heterocycles. The van der Waals surface area contributed by atoms with Crippen LogP contribution < -0.4 is 15.5 Å². The fraction of sp³-hybridized carbons (Fsp3) is 0.368. The Hall–Kier alpha value is -2.20. The molecule has 0 radical (unpaired) electrons. The zero-order chi connectivity index (χ0) is 15.8. The highest BCUT2D eigenvalue weighted by molar-refractivity contribution is 5.62. The number of fused-ring (bicyclic) bond motifs is 1. The lowest BCUT2D eigenvalue weighted by molar-refractivity contribution is 0.313. The predicted molar refractivity (Wildman–Crippen MR) is 96.9 cm³/mol. The van der Waals surface area contributed by atoms with Gasteiger partial charge in [-0.25, -0.2) is 0 Å². The third-order valence-corrected chi connectivity index (χ3v) is 5.10. The second kappa shape index (κ2) is 5.78. The molecule has 0 bridgehead atoms. The molecular formula is C19H24N4. The lowest BCUT2D eigenvalue weighted by atomic mass is 10.1. The Kier molecular flexibility index (Phi) is 3.62. The second-order valence-electron chi connectivity index (χ2n) is 6.65. The molecule has 0 unspecified atom stereocenters. The Morgan fingerprint density at radius 2 is 1.43 bits per heavy atom. The molecule has 2 N–H and O–H groups in total. The summed E-state index contributed by atoms with van der Waals surface area (Å²) in [7, 11) is 2.19. The van der Waals surface area contributed by atoms with Crippen LogP contribution in [0.15, 0.2) is 42.5 Å². The van der Waals surface area contributed by atoms with Gasteiger partial charge < -0.3 is 20.4 Å². The molecule has 0 amide bonds. The van der Waals surface area contributed by atoms with Crippen molar-refractivity contribution in [2.24, 2.45) is 0 Å². The number of nitrogens with two attached hydrogens (primary N) is 1. The first-order valence-corrected chi connectivity index (χ1v) is 8.35. The molecule has 2 aliphatic rings. The van der Waals surface area contributed by atoms with Gasteiger partial charge in [-0.3, -0.25) is 0 Å². The number of likely N-dealkylation sites (N-methyl/N-ethyl adjacent to an activating group) is 1. The minimum Gasteiger partial charge on any atom is -0.398 e. The van der Waals surface area contributed by atoms with Gasteiger partial charge >= 0.3 is 0 Å². The lowest BCUT2D eigenvalue weighted by Gasteiger charge is -2.34. The first kappa shape index (κ1) is 14.4. The van der Waals surface area contributed by atoms with Crippen molar-refractivity contribution in [2.45, 2.75) is 13.1 Å². The Labute approximate surface area is 138 Å². The fourth-order valence-electron chi connectivity index (χ4n) is 3.57. The number of rotatable bonds is 2. The molecular weight excluding hydrogens is 284 g/mol. The van der Waals surface area contributed by atoms with E-state index < -0.39 is 0 Å². The quantitative estimate of drug-likeness (QED) is 0.865. The molecule has 2 heterocycles. The van der Waals surface area contributed by atoms with Gasteiger partial charge in [0, 0.05) is 56.3 Å². The first-order valence-electron chi connectivity index (χ1n) is 8.35. The summed E-state index contributed by atoms with van der Waals surface area (Å²) >= 11 is 0. The maximum atomic E-state index is 6.11.